The van der Waals surface area contributed by atoms with Gasteiger partial charge in [0.15, 0.2) is 0 Å². The maximum Gasteiger partial charge on any atom is 0.0856 e. The van der Waals surface area contributed by atoms with Crippen LogP contribution in [0.3, 0.4) is 0 Å². The third kappa shape index (κ3) is 2.59. The topological polar surface area (TPSA) is 50.9 Å². The van der Waals surface area contributed by atoms with Gasteiger partial charge in [-0.15, -0.1) is 5.10 Å². The van der Waals surface area contributed by atoms with Crippen LogP contribution in [0.15, 0.2) is 18.3 Å². The molecule has 0 saturated carbocycles. The Morgan fingerprint density at radius 1 is 1.22 bits per heavy atom. The van der Waals surface area contributed by atoms with Gasteiger partial charge in [-0.2, -0.15) is 0 Å². The summed E-state index contributed by atoms with van der Waals surface area (Å²) in [6.45, 7) is 6.14. The monoisotopic (exact) mass is 245 g/mol. The number of hydrogen-bond donors (Lipinski definition) is 1. The maximum atomic E-state index is 10.4. The Morgan fingerprint density at radius 2 is 1.83 bits per heavy atom. The van der Waals surface area contributed by atoms with E-state index in [1.165, 1.54) is 5.56 Å². The molecule has 0 fully saturated rings. The number of nitrogens with zero attached hydrogens (tertiary/aromatic N) is 3. The summed E-state index contributed by atoms with van der Waals surface area (Å²) in [5, 5.41) is 18.2. The molecule has 0 amide bonds. The third-order valence-corrected chi connectivity index (χ3v) is 3.12. The predicted octanol–water partition coefficient (Wildman–Crippen LogP) is 2.02. The SMILES string of the molecule is Cc1cc(C)c(C(O)Cc2cn(C)nn2)c(C)c1. The lowest BCUT2D eigenvalue weighted by Gasteiger charge is -2.16. The molecule has 1 unspecified atom stereocenters. The van der Waals surface area contributed by atoms with Crippen molar-refractivity contribution >= 4 is 0 Å². The summed E-state index contributed by atoms with van der Waals surface area (Å²) in [6.07, 6.45) is 1.81. The van der Waals surface area contributed by atoms with Gasteiger partial charge in [0, 0.05) is 19.7 Å². The van der Waals surface area contributed by atoms with Gasteiger partial charge in [-0.05, 0) is 37.5 Å². The molecular formula is C14H19N3O. The molecule has 0 spiro atoms. The highest BCUT2D eigenvalue weighted by Crippen LogP contribution is 2.25. The average Bonchev–Trinajstić information content (AvgIpc) is 2.62. The Balaban J connectivity index is 2.26. The van der Waals surface area contributed by atoms with Gasteiger partial charge < -0.3 is 5.11 Å². The highest BCUT2D eigenvalue weighted by molar-refractivity contribution is 5.39. The van der Waals surface area contributed by atoms with Crippen molar-refractivity contribution in [1.29, 1.82) is 0 Å². The fraction of sp³-hybridized carbons (Fsp3) is 0.429. The Morgan fingerprint density at radius 3 is 2.33 bits per heavy atom. The van der Waals surface area contributed by atoms with Crippen molar-refractivity contribution in [3.63, 3.8) is 0 Å². The molecule has 0 aliphatic rings. The number of benzene rings is 1. The van der Waals surface area contributed by atoms with Crippen molar-refractivity contribution in [2.45, 2.75) is 33.3 Å². The summed E-state index contributed by atoms with van der Waals surface area (Å²) in [5.41, 5.74) is 5.30. The van der Waals surface area contributed by atoms with Crippen LogP contribution in [0, 0.1) is 20.8 Å². The van der Waals surface area contributed by atoms with E-state index in [9.17, 15) is 5.11 Å². The molecule has 0 saturated heterocycles. The number of aliphatic hydroxyl groups excluding tert-OH is 1. The van der Waals surface area contributed by atoms with Gasteiger partial charge in [0.25, 0.3) is 0 Å². The quantitative estimate of drug-likeness (QED) is 0.900. The summed E-state index contributed by atoms with van der Waals surface area (Å²) < 4.78 is 1.65. The Hall–Kier alpha value is -1.68. The molecule has 4 heteroatoms. The van der Waals surface area contributed by atoms with E-state index in [2.05, 4.69) is 29.4 Å². The minimum Gasteiger partial charge on any atom is -0.388 e. The molecule has 0 aliphatic heterocycles. The lowest BCUT2D eigenvalue weighted by Crippen LogP contribution is -2.07. The molecule has 0 radical (unpaired) electrons. The van der Waals surface area contributed by atoms with Gasteiger partial charge in [-0.1, -0.05) is 22.9 Å². The zero-order valence-corrected chi connectivity index (χ0v) is 11.3. The van der Waals surface area contributed by atoms with Crippen molar-refractivity contribution in [3.8, 4) is 0 Å². The van der Waals surface area contributed by atoms with Crippen LogP contribution in [0.1, 0.15) is 34.1 Å². The molecular weight excluding hydrogens is 226 g/mol. The summed E-state index contributed by atoms with van der Waals surface area (Å²) in [5.74, 6) is 0. The minimum atomic E-state index is -0.526. The van der Waals surface area contributed by atoms with E-state index < -0.39 is 6.10 Å². The highest BCUT2D eigenvalue weighted by Gasteiger charge is 2.15. The van der Waals surface area contributed by atoms with Gasteiger partial charge >= 0.3 is 0 Å². The normalized spacial score (nSPS) is 12.7. The van der Waals surface area contributed by atoms with E-state index in [1.807, 2.05) is 27.1 Å². The molecule has 0 aliphatic carbocycles. The fourth-order valence-corrected chi connectivity index (χ4v) is 2.51. The number of hydrogen-bond acceptors (Lipinski definition) is 3. The van der Waals surface area contributed by atoms with Crippen LogP contribution in [0.5, 0.6) is 0 Å². The highest BCUT2D eigenvalue weighted by atomic mass is 16.3. The first-order valence-corrected chi connectivity index (χ1v) is 6.08. The molecule has 2 rings (SSSR count). The summed E-state index contributed by atoms with van der Waals surface area (Å²) in [7, 11) is 1.82. The minimum absolute atomic E-state index is 0.499. The molecule has 18 heavy (non-hydrogen) atoms. The lowest BCUT2D eigenvalue weighted by molar-refractivity contribution is 0.175. The van der Waals surface area contributed by atoms with Crippen LogP contribution < -0.4 is 0 Å². The Labute approximate surface area is 107 Å². The smallest absolute Gasteiger partial charge is 0.0856 e. The van der Waals surface area contributed by atoms with Crippen LogP contribution in [0.4, 0.5) is 0 Å². The maximum absolute atomic E-state index is 10.4. The standard InChI is InChI=1S/C14H19N3O/c1-9-5-10(2)14(11(3)6-9)13(18)7-12-8-17(4)16-15-12/h5-6,8,13,18H,7H2,1-4H3. The first kappa shape index (κ1) is 12.8. The second-order valence-electron chi connectivity index (χ2n) is 4.92. The van der Waals surface area contributed by atoms with Crippen LogP contribution in [-0.4, -0.2) is 20.1 Å². The van der Waals surface area contributed by atoms with E-state index in [-0.39, 0.29) is 0 Å². The first-order valence-electron chi connectivity index (χ1n) is 6.08. The molecule has 0 bridgehead atoms. The van der Waals surface area contributed by atoms with Crippen molar-refractivity contribution in [2.24, 2.45) is 7.05 Å². The van der Waals surface area contributed by atoms with Crippen molar-refractivity contribution < 1.29 is 5.11 Å². The average molecular weight is 245 g/mol. The number of rotatable bonds is 3. The van der Waals surface area contributed by atoms with Gasteiger partial charge in [0.2, 0.25) is 0 Å². The molecule has 1 aromatic heterocycles. The summed E-state index contributed by atoms with van der Waals surface area (Å²) >= 11 is 0. The van der Waals surface area contributed by atoms with Gasteiger partial charge in [0.05, 0.1) is 11.8 Å². The molecule has 1 atom stereocenters. The Kier molecular flexibility index (Phi) is 3.48. The van der Waals surface area contributed by atoms with Crippen molar-refractivity contribution in [3.05, 3.63) is 46.3 Å². The lowest BCUT2D eigenvalue weighted by atomic mass is 9.93. The fourth-order valence-electron chi connectivity index (χ4n) is 2.51. The molecule has 96 valence electrons. The number of aromatic nitrogens is 3. The van der Waals surface area contributed by atoms with Crippen LogP contribution in [0.25, 0.3) is 0 Å². The molecule has 1 aromatic carbocycles. The zero-order valence-electron chi connectivity index (χ0n) is 11.3. The third-order valence-electron chi connectivity index (χ3n) is 3.12. The number of aryl methyl sites for hydroxylation is 4. The largest absolute Gasteiger partial charge is 0.388 e. The summed E-state index contributed by atoms with van der Waals surface area (Å²) in [6, 6.07) is 4.20. The van der Waals surface area contributed by atoms with E-state index in [0.717, 1.165) is 22.4 Å². The second kappa shape index (κ2) is 4.90. The van der Waals surface area contributed by atoms with Crippen LogP contribution >= 0.6 is 0 Å². The van der Waals surface area contributed by atoms with E-state index in [1.54, 1.807) is 4.68 Å². The van der Waals surface area contributed by atoms with Gasteiger partial charge in [-0.3, -0.25) is 4.68 Å². The molecule has 1 N–H and O–H groups in total. The predicted molar refractivity (Wildman–Crippen MR) is 70.3 cm³/mol. The van der Waals surface area contributed by atoms with E-state index in [0.29, 0.717) is 6.42 Å². The number of aliphatic hydroxyl groups is 1. The van der Waals surface area contributed by atoms with Crippen LogP contribution in [-0.2, 0) is 13.5 Å². The van der Waals surface area contributed by atoms with E-state index >= 15 is 0 Å². The molecule has 2 aromatic rings. The Bertz CT molecular complexity index is 537. The van der Waals surface area contributed by atoms with Crippen LogP contribution in [0.2, 0.25) is 0 Å². The van der Waals surface area contributed by atoms with E-state index in [4.69, 9.17) is 0 Å². The molecule has 1 heterocycles. The molecule has 4 nitrogen and oxygen atoms in total. The second-order valence-corrected chi connectivity index (χ2v) is 4.92. The summed E-state index contributed by atoms with van der Waals surface area (Å²) in [4.78, 5) is 0. The van der Waals surface area contributed by atoms with Crippen molar-refractivity contribution in [1.82, 2.24) is 15.0 Å². The van der Waals surface area contributed by atoms with Gasteiger partial charge in [0.1, 0.15) is 0 Å². The van der Waals surface area contributed by atoms with Gasteiger partial charge in [-0.25, -0.2) is 0 Å². The first-order chi connectivity index (χ1) is 8.47. The van der Waals surface area contributed by atoms with Crippen molar-refractivity contribution in [2.75, 3.05) is 0 Å². The zero-order chi connectivity index (χ0) is 13.3.